The van der Waals surface area contributed by atoms with Crippen LogP contribution in [0.5, 0.6) is 0 Å². The predicted octanol–water partition coefficient (Wildman–Crippen LogP) is 3.55. The number of nitrogens with zero attached hydrogens (tertiary/aromatic N) is 3. The summed E-state index contributed by atoms with van der Waals surface area (Å²) in [6.45, 7) is 8.15. The molecule has 0 aliphatic carbocycles. The zero-order valence-electron chi connectivity index (χ0n) is 12.2. The smallest absolute Gasteiger partial charge is 0.140 e. The van der Waals surface area contributed by atoms with Crippen LogP contribution in [-0.2, 0) is 13.1 Å². The molecule has 108 valence electrons. The summed E-state index contributed by atoms with van der Waals surface area (Å²) in [5.74, 6) is 1.55. The van der Waals surface area contributed by atoms with Crippen LogP contribution in [0.1, 0.15) is 38.2 Å². The first-order valence-corrected chi connectivity index (χ1v) is 7.71. The minimum atomic E-state index is 0.275. The maximum atomic E-state index is 4.33. The van der Waals surface area contributed by atoms with Gasteiger partial charge in [-0.2, -0.15) is 5.10 Å². The summed E-state index contributed by atoms with van der Waals surface area (Å²) in [7, 11) is 0. The third-order valence-electron chi connectivity index (χ3n) is 3.15. The fraction of sp³-hybridized carbons (Fsp3) is 0.467. The third-order valence-corrected chi connectivity index (χ3v) is 3.64. The highest BCUT2D eigenvalue weighted by Gasteiger charge is 2.09. The van der Waals surface area contributed by atoms with E-state index in [9.17, 15) is 0 Å². The molecule has 0 fully saturated rings. The second-order valence-electron chi connectivity index (χ2n) is 5.41. The average Bonchev–Trinajstić information content (AvgIpc) is 2.82. The average molecular weight is 337 g/mol. The van der Waals surface area contributed by atoms with E-state index >= 15 is 0 Å². The van der Waals surface area contributed by atoms with Crippen LogP contribution >= 0.6 is 15.9 Å². The highest BCUT2D eigenvalue weighted by Crippen LogP contribution is 2.18. The highest BCUT2D eigenvalue weighted by molar-refractivity contribution is 9.10. The van der Waals surface area contributed by atoms with Crippen LogP contribution in [0, 0.1) is 5.92 Å². The van der Waals surface area contributed by atoms with Crippen molar-refractivity contribution in [1.29, 1.82) is 0 Å². The molecule has 0 aliphatic rings. The first-order valence-electron chi connectivity index (χ1n) is 6.91. The molecule has 0 bridgehead atoms. The third kappa shape index (κ3) is 4.15. The van der Waals surface area contributed by atoms with Gasteiger partial charge < -0.3 is 5.32 Å². The molecule has 2 aromatic rings. The van der Waals surface area contributed by atoms with Gasteiger partial charge in [-0.1, -0.05) is 41.9 Å². The molecular weight excluding hydrogens is 316 g/mol. The zero-order chi connectivity index (χ0) is 14.5. The number of hydrogen-bond acceptors (Lipinski definition) is 3. The summed E-state index contributed by atoms with van der Waals surface area (Å²) >= 11 is 3.50. The van der Waals surface area contributed by atoms with Crippen LogP contribution in [-0.4, -0.2) is 14.8 Å². The molecular formula is C15H21BrN4. The molecule has 2 rings (SSSR count). The second-order valence-corrected chi connectivity index (χ2v) is 6.33. The van der Waals surface area contributed by atoms with Gasteiger partial charge in [-0.3, -0.25) is 0 Å². The van der Waals surface area contributed by atoms with Crippen molar-refractivity contribution in [1.82, 2.24) is 20.1 Å². The second kappa shape index (κ2) is 6.99. The minimum Gasteiger partial charge on any atom is -0.303 e. The summed E-state index contributed by atoms with van der Waals surface area (Å²) in [6, 6.07) is 8.63. The molecule has 20 heavy (non-hydrogen) atoms. The summed E-state index contributed by atoms with van der Waals surface area (Å²) in [5.41, 5.74) is 1.26. The standard InChI is InChI=1S/C15H21BrN4/c1-11(2)9-20-15(18-10-19-20)8-17-12(3)13-5-4-6-14(16)7-13/h4-7,10-12,17H,8-9H2,1-3H3. The monoisotopic (exact) mass is 336 g/mol. The summed E-state index contributed by atoms with van der Waals surface area (Å²) < 4.78 is 3.08. The van der Waals surface area contributed by atoms with Crippen molar-refractivity contribution < 1.29 is 0 Å². The number of aromatic nitrogens is 3. The molecule has 0 saturated carbocycles. The van der Waals surface area contributed by atoms with E-state index in [1.54, 1.807) is 6.33 Å². The van der Waals surface area contributed by atoms with E-state index in [-0.39, 0.29) is 6.04 Å². The van der Waals surface area contributed by atoms with Crippen LogP contribution in [0.3, 0.4) is 0 Å². The minimum absolute atomic E-state index is 0.275. The van der Waals surface area contributed by atoms with Gasteiger partial charge in [0.2, 0.25) is 0 Å². The number of halogens is 1. The van der Waals surface area contributed by atoms with Gasteiger partial charge in [-0.25, -0.2) is 9.67 Å². The molecule has 0 saturated heterocycles. The molecule has 1 unspecified atom stereocenters. The van der Waals surface area contributed by atoms with Crippen molar-refractivity contribution in [3.05, 3.63) is 46.5 Å². The van der Waals surface area contributed by atoms with Crippen molar-refractivity contribution in [2.45, 2.75) is 39.9 Å². The first kappa shape index (κ1) is 15.2. The summed E-state index contributed by atoms with van der Waals surface area (Å²) in [5, 5.41) is 7.78. The van der Waals surface area contributed by atoms with Crippen molar-refractivity contribution in [2.75, 3.05) is 0 Å². The Morgan fingerprint density at radius 1 is 1.30 bits per heavy atom. The van der Waals surface area contributed by atoms with Crippen molar-refractivity contribution in [2.24, 2.45) is 5.92 Å². The lowest BCUT2D eigenvalue weighted by atomic mass is 10.1. The molecule has 1 N–H and O–H groups in total. The van der Waals surface area contributed by atoms with Crippen molar-refractivity contribution in [3.63, 3.8) is 0 Å². The van der Waals surface area contributed by atoms with Crippen LogP contribution in [0.15, 0.2) is 35.1 Å². The van der Waals surface area contributed by atoms with E-state index in [4.69, 9.17) is 0 Å². The molecule has 1 heterocycles. The zero-order valence-corrected chi connectivity index (χ0v) is 13.8. The van der Waals surface area contributed by atoms with Crippen molar-refractivity contribution in [3.8, 4) is 0 Å². The van der Waals surface area contributed by atoms with Gasteiger partial charge in [-0.15, -0.1) is 0 Å². The highest BCUT2D eigenvalue weighted by atomic mass is 79.9. The Labute approximate surface area is 128 Å². The van der Waals surface area contributed by atoms with Crippen LogP contribution in [0.25, 0.3) is 0 Å². The lowest BCUT2D eigenvalue weighted by Crippen LogP contribution is -2.22. The molecule has 0 amide bonds. The Hall–Kier alpha value is -1.20. The summed E-state index contributed by atoms with van der Waals surface area (Å²) in [6.07, 6.45) is 1.63. The topological polar surface area (TPSA) is 42.7 Å². The molecule has 4 nitrogen and oxygen atoms in total. The molecule has 1 aromatic carbocycles. The molecule has 0 aliphatic heterocycles. The Bertz CT molecular complexity index is 550. The maximum Gasteiger partial charge on any atom is 0.140 e. The van der Waals surface area contributed by atoms with Gasteiger partial charge in [0.25, 0.3) is 0 Å². The van der Waals surface area contributed by atoms with E-state index in [2.05, 4.69) is 70.3 Å². The van der Waals surface area contributed by atoms with Gasteiger partial charge in [0.05, 0.1) is 6.54 Å². The molecule has 0 radical (unpaired) electrons. The van der Waals surface area contributed by atoms with Gasteiger partial charge in [0.15, 0.2) is 0 Å². The van der Waals surface area contributed by atoms with Crippen LogP contribution in [0.4, 0.5) is 0 Å². The fourth-order valence-electron chi connectivity index (χ4n) is 2.06. The quantitative estimate of drug-likeness (QED) is 0.877. The largest absolute Gasteiger partial charge is 0.303 e. The SMILES string of the molecule is CC(C)Cn1ncnc1CNC(C)c1cccc(Br)c1. The Morgan fingerprint density at radius 2 is 2.10 bits per heavy atom. The van der Waals surface area contributed by atoms with Crippen LogP contribution < -0.4 is 5.32 Å². The van der Waals surface area contributed by atoms with E-state index in [1.807, 2.05) is 10.7 Å². The Balaban J connectivity index is 1.97. The number of nitrogens with one attached hydrogen (secondary N) is 1. The number of benzene rings is 1. The van der Waals surface area contributed by atoms with E-state index in [0.717, 1.165) is 23.4 Å². The normalized spacial score (nSPS) is 12.8. The van der Waals surface area contributed by atoms with Gasteiger partial charge in [-0.05, 0) is 30.5 Å². The predicted molar refractivity (Wildman–Crippen MR) is 84.3 cm³/mol. The Kier molecular flexibility index (Phi) is 5.31. The van der Waals surface area contributed by atoms with Crippen LogP contribution in [0.2, 0.25) is 0 Å². The molecule has 0 spiro atoms. The first-order chi connectivity index (χ1) is 9.56. The molecule has 5 heteroatoms. The van der Waals surface area contributed by atoms with Gasteiger partial charge >= 0.3 is 0 Å². The lowest BCUT2D eigenvalue weighted by molar-refractivity contribution is 0.449. The van der Waals surface area contributed by atoms with E-state index in [1.165, 1.54) is 5.56 Å². The van der Waals surface area contributed by atoms with Gasteiger partial charge in [0.1, 0.15) is 12.2 Å². The maximum absolute atomic E-state index is 4.33. The van der Waals surface area contributed by atoms with Crippen molar-refractivity contribution >= 4 is 15.9 Å². The summed E-state index contributed by atoms with van der Waals surface area (Å²) in [4.78, 5) is 4.33. The van der Waals surface area contributed by atoms with Gasteiger partial charge in [0, 0.05) is 17.1 Å². The Morgan fingerprint density at radius 3 is 2.80 bits per heavy atom. The molecule has 1 atom stereocenters. The number of hydrogen-bond donors (Lipinski definition) is 1. The number of rotatable bonds is 6. The molecule has 1 aromatic heterocycles. The van der Waals surface area contributed by atoms with E-state index in [0.29, 0.717) is 5.92 Å². The van der Waals surface area contributed by atoms with E-state index < -0.39 is 0 Å². The lowest BCUT2D eigenvalue weighted by Gasteiger charge is -2.15. The fourth-order valence-corrected chi connectivity index (χ4v) is 2.48.